The van der Waals surface area contributed by atoms with Crippen LogP contribution in [0.1, 0.15) is 44.2 Å². The van der Waals surface area contributed by atoms with Gasteiger partial charge in [0.05, 0.1) is 28.9 Å². The molecular formula is C29H29N3O6. The predicted molar refractivity (Wildman–Crippen MR) is 142 cm³/mol. The van der Waals surface area contributed by atoms with Crippen LogP contribution in [-0.2, 0) is 14.4 Å². The molecule has 2 aliphatic rings. The Bertz CT molecular complexity index is 1310. The number of unbranched alkanes of at least 4 members (excludes halogenated alkanes) is 3. The molecule has 0 aliphatic carbocycles. The highest BCUT2D eigenvalue weighted by molar-refractivity contribution is 6.23. The predicted octanol–water partition coefficient (Wildman–Crippen LogP) is 5.61. The van der Waals surface area contributed by atoms with Crippen LogP contribution < -0.4 is 14.7 Å². The Kier molecular flexibility index (Phi) is 7.37. The number of nitro groups is 1. The van der Waals surface area contributed by atoms with Gasteiger partial charge in [0.2, 0.25) is 5.91 Å². The SMILES string of the molecule is CCCCCCOc1ccc(N2C(=O)C3ON(c4ccccc4)C(c4cccc([N+](=O)[O-])c4)C3C2=O)cc1. The largest absolute Gasteiger partial charge is 0.494 e. The van der Waals surface area contributed by atoms with E-state index >= 15 is 0 Å². The molecule has 38 heavy (non-hydrogen) atoms. The lowest BCUT2D eigenvalue weighted by Gasteiger charge is -2.28. The van der Waals surface area contributed by atoms with Crippen molar-refractivity contribution in [2.24, 2.45) is 5.92 Å². The standard InChI is InChI=1S/C29H29N3O6/c1-2-3-4-8-18-37-24-16-14-21(15-17-24)30-28(33)25-26(20-10-9-13-23(19-20)32(35)36)31(38-27(25)29(30)34)22-11-6-5-7-12-22/h5-7,9-17,19,25-27H,2-4,8,18H2,1H3. The normalized spacial score (nSPS) is 20.6. The van der Waals surface area contributed by atoms with E-state index < -0.39 is 34.8 Å². The summed E-state index contributed by atoms with van der Waals surface area (Å²) in [4.78, 5) is 45.5. The number of ether oxygens (including phenoxy) is 1. The number of non-ortho nitro benzene ring substituents is 1. The second kappa shape index (κ2) is 11.0. The summed E-state index contributed by atoms with van der Waals surface area (Å²) in [7, 11) is 0. The molecule has 3 aromatic rings. The van der Waals surface area contributed by atoms with Crippen molar-refractivity contribution in [3.05, 3.63) is 94.5 Å². The lowest BCUT2D eigenvalue weighted by atomic mass is 9.90. The molecule has 0 bridgehead atoms. The monoisotopic (exact) mass is 515 g/mol. The molecule has 5 rings (SSSR count). The summed E-state index contributed by atoms with van der Waals surface area (Å²) in [6.45, 7) is 2.77. The highest BCUT2D eigenvalue weighted by atomic mass is 16.7. The quantitative estimate of drug-likeness (QED) is 0.150. The van der Waals surface area contributed by atoms with Gasteiger partial charge in [0.1, 0.15) is 11.7 Å². The van der Waals surface area contributed by atoms with Crippen molar-refractivity contribution in [1.82, 2.24) is 0 Å². The molecule has 9 nitrogen and oxygen atoms in total. The summed E-state index contributed by atoms with van der Waals surface area (Å²) in [5.74, 6) is -1.09. The molecule has 2 aliphatic heterocycles. The van der Waals surface area contributed by atoms with Crippen LogP contribution in [0, 0.1) is 16.0 Å². The van der Waals surface area contributed by atoms with Gasteiger partial charge in [0.25, 0.3) is 11.6 Å². The third kappa shape index (κ3) is 4.84. The second-order valence-corrected chi connectivity index (χ2v) is 9.42. The fraction of sp³-hybridized carbons (Fsp3) is 0.310. The maximum absolute atomic E-state index is 13.8. The molecule has 2 fully saturated rings. The molecular weight excluding hydrogens is 486 g/mol. The number of nitro benzene ring substituents is 1. The smallest absolute Gasteiger partial charge is 0.269 e. The van der Waals surface area contributed by atoms with Gasteiger partial charge in [-0.2, -0.15) is 0 Å². The number of imide groups is 1. The fourth-order valence-corrected chi connectivity index (χ4v) is 5.04. The van der Waals surface area contributed by atoms with Gasteiger partial charge in [-0.15, -0.1) is 0 Å². The van der Waals surface area contributed by atoms with Gasteiger partial charge >= 0.3 is 0 Å². The number of hydrogen-bond donors (Lipinski definition) is 0. The van der Waals surface area contributed by atoms with E-state index in [-0.39, 0.29) is 5.69 Å². The summed E-state index contributed by atoms with van der Waals surface area (Å²) < 4.78 is 5.79. The van der Waals surface area contributed by atoms with Gasteiger partial charge in [-0.3, -0.25) is 24.5 Å². The van der Waals surface area contributed by atoms with Crippen LogP contribution in [0.3, 0.4) is 0 Å². The third-order valence-electron chi connectivity index (χ3n) is 6.91. The maximum Gasteiger partial charge on any atom is 0.269 e. The number of anilines is 2. The molecule has 2 heterocycles. The van der Waals surface area contributed by atoms with E-state index in [9.17, 15) is 19.7 Å². The highest BCUT2D eigenvalue weighted by Gasteiger charge is 2.60. The molecule has 0 aromatic heterocycles. The minimum atomic E-state index is -1.05. The van der Waals surface area contributed by atoms with E-state index in [0.717, 1.165) is 24.2 Å². The Morgan fingerprint density at radius 3 is 2.37 bits per heavy atom. The van der Waals surface area contributed by atoms with Gasteiger partial charge in [0, 0.05) is 12.1 Å². The van der Waals surface area contributed by atoms with Crippen LogP contribution >= 0.6 is 0 Å². The first-order valence-electron chi connectivity index (χ1n) is 12.9. The number of amides is 2. The Balaban J connectivity index is 1.41. The topological polar surface area (TPSA) is 102 Å². The van der Waals surface area contributed by atoms with Crippen LogP contribution in [0.25, 0.3) is 0 Å². The van der Waals surface area contributed by atoms with Gasteiger partial charge in [0.15, 0.2) is 6.10 Å². The summed E-state index contributed by atoms with van der Waals surface area (Å²) in [5, 5.41) is 13.0. The van der Waals surface area contributed by atoms with E-state index in [4.69, 9.17) is 9.57 Å². The first kappa shape index (κ1) is 25.4. The number of carbonyl (C=O) groups is 2. The molecule has 196 valence electrons. The minimum Gasteiger partial charge on any atom is -0.494 e. The van der Waals surface area contributed by atoms with E-state index in [1.54, 1.807) is 48.5 Å². The first-order valence-corrected chi connectivity index (χ1v) is 12.9. The van der Waals surface area contributed by atoms with E-state index in [2.05, 4.69) is 6.92 Å². The number of para-hydroxylation sites is 1. The number of fused-ring (bicyclic) bond motifs is 1. The minimum absolute atomic E-state index is 0.0992. The lowest BCUT2D eigenvalue weighted by Crippen LogP contribution is -2.37. The number of hydroxylamine groups is 1. The van der Waals surface area contributed by atoms with Crippen molar-refractivity contribution in [2.75, 3.05) is 16.6 Å². The lowest BCUT2D eigenvalue weighted by molar-refractivity contribution is -0.384. The molecule has 0 N–H and O–H groups in total. The Labute approximate surface area is 220 Å². The van der Waals surface area contributed by atoms with Gasteiger partial charge in [-0.05, 0) is 48.4 Å². The molecule has 3 aromatic carbocycles. The van der Waals surface area contributed by atoms with Crippen LogP contribution in [0.2, 0.25) is 0 Å². The van der Waals surface area contributed by atoms with Crippen molar-refractivity contribution in [3.63, 3.8) is 0 Å². The Morgan fingerprint density at radius 2 is 1.66 bits per heavy atom. The van der Waals surface area contributed by atoms with Crippen LogP contribution in [-0.4, -0.2) is 29.4 Å². The summed E-state index contributed by atoms with van der Waals surface area (Å²) in [6.07, 6.45) is 3.35. The second-order valence-electron chi connectivity index (χ2n) is 9.42. The van der Waals surface area contributed by atoms with Crippen molar-refractivity contribution in [2.45, 2.75) is 44.8 Å². The van der Waals surface area contributed by atoms with E-state index in [1.165, 1.54) is 23.6 Å². The number of hydrogen-bond acceptors (Lipinski definition) is 7. The molecule has 2 saturated heterocycles. The number of rotatable bonds is 10. The number of benzene rings is 3. The van der Waals surface area contributed by atoms with Crippen LogP contribution in [0.4, 0.5) is 17.1 Å². The molecule has 0 saturated carbocycles. The maximum atomic E-state index is 13.8. The van der Waals surface area contributed by atoms with Crippen LogP contribution in [0.5, 0.6) is 5.75 Å². The van der Waals surface area contributed by atoms with Gasteiger partial charge in [-0.1, -0.05) is 56.5 Å². The van der Waals surface area contributed by atoms with Gasteiger partial charge in [-0.25, -0.2) is 9.96 Å². The van der Waals surface area contributed by atoms with Gasteiger partial charge < -0.3 is 4.74 Å². The Hall–Kier alpha value is -4.24. The average Bonchev–Trinajstić information content (AvgIpc) is 3.45. The molecule has 3 atom stereocenters. The third-order valence-corrected chi connectivity index (χ3v) is 6.91. The van der Waals surface area contributed by atoms with Crippen molar-refractivity contribution >= 4 is 28.9 Å². The number of nitrogens with zero attached hydrogens (tertiary/aromatic N) is 3. The van der Waals surface area contributed by atoms with Crippen molar-refractivity contribution < 1.29 is 24.1 Å². The summed E-state index contributed by atoms with van der Waals surface area (Å²) >= 11 is 0. The zero-order valence-corrected chi connectivity index (χ0v) is 21.1. The average molecular weight is 516 g/mol. The zero-order chi connectivity index (χ0) is 26.6. The first-order chi connectivity index (χ1) is 18.5. The summed E-state index contributed by atoms with van der Waals surface area (Å²) in [6, 6.07) is 21.4. The Morgan fingerprint density at radius 1 is 0.895 bits per heavy atom. The molecule has 3 unspecified atom stereocenters. The molecule has 2 amide bonds. The highest BCUT2D eigenvalue weighted by Crippen LogP contribution is 2.48. The summed E-state index contributed by atoms with van der Waals surface area (Å²) in [5.41, 5.74) is 1.50. The zero-order valence-electron chi connectivity index (χ0n) is 21.1. The van der Waals surface area contributed by atoms with Crippen molar-refractivity contribution in [1.29, 1.82) is 0 Å². The molecule has 0 radical (unpaired) electrons. The van der Waals surface area contributed by atoms with Crippen LogP contribution in [0.15, 0.2) is 78.9 Å². The van der Waals surface area contributed by atoms with E-state index in [1.807, 2.05) is 18.2 Å². The number of carbonyl (C=O) groups excluding carboxylic acids is 2. The fourth-order valence-electron chi connectivity index (χ4n) is 5.04. The molecule has 9 heteroatoms. The van der Waals surface area contributed by atoms with E-state index in [0.29, 0.717) is 29.3 Å². The van der Waals surface area contributed by atoms with Crippen molar-refractivity contribution in [3.8, 4) is 5.75 Å². The molecule has 0 spiro atoms.